The molecule has 146 valence electrons. The molecule has 2 N–H and O–H groups in total. The lowest BCUT2D eigenvalue weighted by molar-refractivity contribution is -0.132. The van der Waals surface area contributed by atoms with Crippen molar-refractivity contribution in [2.75, 3.05) is 33.2 Å². The van der Waals surface area contributed by atoms with Crippen molar-refractivity contribution in [3.8, 4) is 0 Å². The molecule has 0 aliphatic carbocycles. The van der Waals surface area contributed by atoms with Gasteiger partial charge in [0, 0.05) is 20.1 Å². The highest BCUT2D eigenvalue weighted by molar-refractivity contribution is 5.79. The molecule has 2 rings (SSSR count). The Bertz CT molecular complexity index is 552. The Morgan fingerprint density at radius 2 is 1.85 bits per heavy atom. The Labute approximate surface area is 153 Å². The summed E-state index contributed by atoms with van der Waals surface area (Å²) in [6.07, 6.45) is -2.70. The first-order valence-corrected chi connectivity index (χ1v) is 9.19. The number of hydrogen-bond acceptors (Lipinski definition) is 2. The number of benzene rings is 1. The van der Waals surface area contributed by atoms with Gasteiger partial charge in [-0.1, -0.05) is 37.3 Å². The third kappa shape index (κ3) is 6.86. The van der Waals surface area contributed by atoms with E-state index in [9.17, 15) is 13.2 Å². The zero-order chi connectivity index (χ0) is 19.0. The third-order valence-electron chi connectivity index (χ3n) is 4.83. The summed E-state index contributed by atoms with van der Waals surface area (Å²) >= 11 is 0. The minimum absolute atomic E-state index is 0.171. The Kier molecular flexibility index (Phi) is 7.75. The number of guanidine groups is 1. The van der Waals surface area contributed by atoms with Gasteiger partial charge in [-0.15, -0.1) is 0 Å². The fourth-order valence-corrected chi connectivity index (χ4v) is 3.21. The lowest BCUT2D eigenvalue weighted by Gasteiger charge is -2.37. The molecule has 0 radical (unpaired) electrons. The van der Waals surface area contributed by atoms with Crippen molar-refractivity contribution in [1.29, 1.82) is 0 Å². The van der Waals surface area contributed by atoms with E-state index in [1.807, 2.05) is 18.2 Å². The maximum atomic E-state index is 12.3. The molecule has 4 nitrogen and oxygen atoms in total. The molecule has 1 atom stereocenters. The summed E-state index contributed by atoms with van der Waals surface area (Å²) in [7, 11) is 1.57. The molecule has 0 amide bonds. The van der Waals surface area contributed by atoms with Crippen LogP contribution in [0.4, 0.5) is 13.2 Å². The van der Waals surface area contributed by atoms with Crippen LogP contribution in [0.3, 0.4) is 0 Å². The number of nitrogens with one attached hydrogen (secondary N) is 2. The average Bonchev–Trinajstić information content (AvgIpc) is 2.61. The Morgan fingerprint density at radius 3 is 2.42 bits per heavy atom. The van der Waals surface area contributed by atoms with Gasteiger partial charge in [-0.05, 0) is 37.4 Å². The van der Waals surface area contributed by atoms with Gasteiger partial charge >= 0.3 is 6.18 Å². The number of aliphatic imine (C=N–C) groups is 1. The molecule has 7 heteroatoms. The van der Waals surface area contributed by atoms with Crippen LogP contribution in [0.1, 0.15) is 37.8 Å². The van der Waals surface area contributed by atoms with Crippen molar-refractivity contribution in [2.24, 2.45) is 10.9 Å². The van der Waals surface area contributed by atoms with E-state index in [1.54, 1.807) is 7.05 Å². The minimum atomic E-state index is -4.16. The summed E-state index contributed by atoms with van der Waals surface area (Å²) in [6, 6.07) is 10.4. The number of nitrogens with zero attached hydrogens (tertiary/aromatic N) is 2. The van der Waals surface area contributed by atoms with Crippen molar-refractivity contribution in [3.63, 3.8) is 0 Å². The van der Waals surface area contributed by atoms with Crippen LogP contribution in [0.2, 0.25) is 0 Å². The highest BCUT2D eigenvalue weighted by Crippen LogP contribution is 2.26. The van der Waals surface area contributed by atoms with Crippen molar-refractivity contribution in [3.05, 3.63) is 35.9 Å². The van der Waals surface area contributed by atoms with Crippen LogP contribution in [-0.4, -0.2) is 50.3 Å². The molecule has 1 heterocycles. The molecule has 1 aromatic rings. The summed E-state index contributed by atoms with van der Waals surface area (Å²) in [5.74, 6) is 1.15. The van der Waals surface area contributed by atoms with E-state index in [1.165, 1.54) is 18.4 Å². The highest BCUT2D eigenvalue weighted by Gasteiger charge is 2.27. The summed E-state index contributed by atoms with van der Waals surface area (Å²) in [5.41, 5.74) is 1.21. The average molecular weight is 370 g/mol. The second kappa shape index (κ2) is 9.80. The molecule has 0 saturated carbocycles. The van der Waals surface area contributed by atoms with Crippen molar-refractivity contribution >= 4 is 5.96 Å². The summed E-state index contributed by atoms with van der Waals surface area (Å²) in [4.78, 5) is 6.49. The van der Waals surface area contributed by atoms with Crippen LogP contribution < -0.4 is 10.6 Å². The molecule has 1 fully saturated rings. The first-order chi connectivity index (χ1) is 12.4. The van der Waals surface area contributed by atoms with E-state index >= 15 is 0 Å². The zero-order valence-corrected chi connectivity index (χ0v) is 15.5. The smallest absolute Gasteiger partial charge is 0.356 e. The monoisotopic (exact) mass is 370 g/mol. The number of halogens is 3. The van der Waals surface area contributed by atoms with E-state index < -0.39 is 12.6 Å². The Morgan fingerprint density at radius 1 is 1.19 bits per heavy atom. The standard InChI is InChI=1S/C19H29F3N4/c1-15-8-12-26(13-9-15)17(16-6-4-3-5-7-16)14-25-18(23-2)24-11-10-19(20,21)22/h3-7,15,17H,8-14H2,1-2H3,(H2,23,24,25). The lowest BCUT2D eigenvalue weighted by Crippen LogP contribution is -2.45. The number of hydrogen-bond donors (Lipinski definition) is 2. The molecular weight excluding hydrogens is 341 g/mol. The molecule has 1 aliphatic heterocycles. The van der Waals surface area contributed by atoms with Crippen LogP contribution >= 0.6 is 0 Å². The first-order valence-electron chi connectivity index (χ1n) is 9.19. The van der Waals surface area contributed by atoms with E-state index in [0.717, 1.165) is 19.0 Å². The molecule has 0 aromatic heterocycles. The van der Waals surface area contributed by atoms with Crippen LogP contribution in [0.25, 0.3) is 0 Å². The van der Waals surface area contributed by atoms with E-state index in [4.69, 9.17) is 0 Å². The second-order valence-electron chi connectivity index (χ2n) is 6.89. The predicted octanol–water partition coefficient (Wildman–Crippen LogP) is 3.58. The molecule has 0 bridgehead atoms. The zero-order valence-electron chi connectivity index (χ0n) is 15.5. The molecule has 26 heavy (non-hydrogen) atoms. The molecular formula is C19H29F3N4. The molecule has 0 spiro atoms. The van der Waals surface area contributed by atoms with Crippen LogP contribution in [-0.2, 0) is 0 Å². The largest absolute Gasteiger partial charge is 0.390 e. The van der Waals surface area contributed by atoms with Gasteiger partial charge in [-0.25, -0.2) is 0 Å². The number of likely N-dealkylation sites (tertiary alicyclic amines) is 1. The van der Waals surface area contributed by atoms with Gasteiger partial charge < -0.3 is 10.6 Å². The van der Waals surface area contributed by atoms with Crippen molar-refractivity contribution < 1.29 is 13.2 Å². The predicted molar refractivity (Wildman–Crippen MR) is 99.2 cm³/mol. The fourth-order valence-electron chi connectivity index (χ4n) is 3.21. The third-order valence-corrected chi connectivity index (χ3v) is 4.83. The normalized spacial score (nSPS) is 18.6. The Hall–Kier alpha value is -1.76. The quantitative estimate of drug-likeness (QED) is 0.594. The maximum Gasteiger partial charge on any atom is 0.390 e. The molecule has 1 aliphatic rings. The van der Waals surface area contributed by atoms with Gasteiger partial charge in [0.15, 0.2) is 5.96 Å². The van der Waals surface area contributed by atoms with E-state index in [2.05, 4.69) is 39.6 Å². The summed E-state index contributed by atoms with van der Waals surface area (Å²) < 4.78 is 36.9. The highest BCUT2D eigenvalue weighted by atomic mass is 19.4. The topological polar surface area (TPSA) is 39.7 Å². The van der Waals surface area contributed by atoms with Crippen molar-refractivity contribution in [1.82, 2.24) is 15.5 Å². The van der Waals surface area contributed by atoms with Crippen molar-refractivity contribution in [2.45, 2.75) is 38.4 Å². The van der Waals surface area contributed by atoms with Gasteiger partial charge in [0.05, 0.1) is 12.5 Å². The minimum Gasteiger partial charge on any atom is -0.356 e. The first kappa shape index (κ1) is 20.6. The number of rotatable bonds is 6. The fraction of sp³-hybridized carbons (Fsp3) is 0.632. The van der Waals surface area contributed by atoms with Gasteiger partial charge in [0.1, 0.15) is 0 Å². The molecule has 1 unspecified atom stereocenters. The second-order valence-corrected chi connectivity index (χ2v) is 6.89. The van der Waals surface area contributed by atoms with E-state index in [0.29, 0.717) is 12.5 Å². The van der Waals surface area contributed by atoms with Crippen LogP contribution in [0, 0.1) is 5.92 Å². The number of alkyl halides is 3. The lowest BCUT2D eigenvalue weighted by atomic mass is 9.95. The Balaban J connectivity index is 1.95. The summed E-state index contributed by atoms with van der Waals surface area (Å²) in [6.45, 7) is 4.76. The van der Waals surface area contributed by atoms with E-state index in [-0.39, 0.29) is 12.6 Å². The number of piperidine rings is 1. The van der Waals surface area contributed by atoms with Gasteiger partial charge in [-0.3, -0.25) is 9.89 Å². The van der Waals surface area contributed by atoms with Gasteiger partial charge in [-0.2, -0.15) is 13.2 Å². The van der Waals surface area contributed by atoms with Gasteiger partial charge in [0.2, 0.25) is 0 Å². The molecule has 1 aromatic carbocycles. The van der Waals surface area contributed by atoms with Crippen LogP contribution in [0.15, 0.2) is 35.3 Å². The SMILES string of the molecule is CN=C(NCCC(F)(F)F)NCC(c1ccccc1)N1CCC(C)CC1. The summed E-state index contributed by atoms with van der Waals surface area (Å²) in [5, 5.41) is 5.94. The van der Waals surface area contributed by atoms with Gasteiger partial charge in [0.25, 0.3) is 0 Å². The molecule has 1 saturated heterocycles. The maximum absolute atomic E-state index is 12.3. The van der Waals surface area contributed by atoms with Crippen LogP contribution in [0.5, 0.6) is 0 Å².